The number of nitrogens with zero attached hydrogens (tertiary/aromatic N) is 1. The summed E-state index contributed by atoms with van der Waals surface area (Å²) < 4.78 is 2.41. The van der Waals surface area contributed by atoms with E-state index in [0.717, 1.165) is 0 Å². The van der Waals surface area contributed by atoms with Crippen LogP contribution in [0.15, 0.2) is 208 Å². The molecule has 2 aliphatic rings. The van der Waals surface area contributed by atoms with Gasteiger partial charge in [-0.25, -0.2) is 0 Å². The van der Waals surface area contributed by atoms with Crippen molar-refractivity contribution in [2.45, 2.75) is 25.0 Å². The number of fused-ring (bicyclic) bond motifs is 11. The lowest BCUT2D eigenvalue weighted by atomic mass is 9.64. The third-order valence-electron chi connectivity index (χ3n) is 10.9. The summed E-state index contributed by atoms with van der Waals surface area (Å²) in [7, 11) is 0. The molecule has 3 heterocycles. The summed E-state index contributed by atoms with van der Waals surface area (Å²) in [5, 5.41) is 2.54. The second-order valence-corrected chi connectivity index (χ2v) is 15.8. The van der Waals surface area contributed by atoms with Gasteiger partial charge in [0, 0.05) is 36.0 Å². The van der Waals surface area contributed by atoms with Crippen LogP contribution < -0.4 is 0 Å². The van der Waals surface area contributed by atoms with Crippen LogP contribution in [-0.2, 0) is 5.41 Å². The fourth-order valence-corrected chi connectivity index (χ4v) is 11.1. The van der Waals surface area contributed by atoms with Gasteiger partial charge in [0.15, 0.2) is 0 Å². The van der Waals surface area contributed by atoms with Gasteiger partial charge in [0.05, 0.1) is 16.4 Å². The SMILES string of the molecule is c1ccc(-c2ccc3c(c2)C2(c4ccccc4Sc4cc(-c5ccc6c7ccccc7n(-c7ccccc7)c6c5)ccc42)c2ccccc2S3)cc1. The van der Waals surface area contributed by atoms with Gasteiger partial charge in [-0.2, -0.15) is 0 Å². The van der Waals surface area contributed by atoms with Crippen LogP contribution in [0.2, 0.25) is 0 Å². The Hall–Kier alpha value is -5.74. The van der Waals surface area contributed by atoms with Crippen LogP contribution in [0, 0.1) is 0 Å². The molecule has 11 rings (SSSR count). The molecule has 0 saturated heterocycles. The zero-order chi connectivity index (χ0) is 34.2. The van der Waals surface area contributed by atoms with Crippen LogP contribution in [0.3, 0.4) is 0 Å². The van der Waals surface area contributed by atoms with Crippen LogP contribution in [0.1, 0.15) is 22.3 Å². The summed E-state index contributed by atoms with van der Waals surface area (Å²) in [5.74, 6) is 0. The van der Waals surface area contributed by atoms with E-state index >= 15 is 0 Å². The summed E-state index contributed by atoms with van der Waals surface area (Å²) >= 11 is 3.80. The molecule has 0 saturated carbocycles. The van der Waals surface area contributed by atoms with Crippen LogP contribution in [0.5, 0.6) is 0 Å². The first-order valence-corrected chi connectivity index (χ1v) is 19.4. The first-order chi connectivity index (χ1) is 25.8. The molecule has 1 aromatic heterocycles. The molecule has 52 heavy (non-hydrogen) atoms. The number of aromatic nitrogens is 1. The van der Waals surface area contributed by atoms with Gasteiger partial charge in [-0.05, 0) is 99.1 Å². The second-order valence-electron chi connectivity index (χ2n) is 13.7. The van der Waals surface area contributed by atoms with Crippen molar-refractivity contribution in [3.8, 4) is 27.9 Å². The average molecular weight is 698 g/mol. The van der Waals surface area contributed by atoms with Crippen LogP contribution in [0.25, 0.3) is 49.7 Å². The maximum absolute atomic E-state index is 2.47. The minimum atomic E-state index is -0.457. The third-order valence-corrected chi connectivity index (χ3v) is 13.2. The summed E-state index contributed by atoms with van der Waals surface area (Å²) in [6.07, 6.45) is 0. The van der Waals surface area contributed by atoms with Crippen LogP contribution in [0.4, 0.5) is 0 Å². The van der Waals surface area contributed by atoms with Crippen molar-refractivity contribution in [2.75, 3.05) is 0 Å². The predicted molar refractivity (Wildman–Crippen MR) is 218 cm³/mol. The lowest BCUT2D eigenvalue weighted by Gasteiger charge is -2.45. The van der Waals surface area contributed by atoms with Gasteiger partial charge in [0.1, 0.15) is 0 Å². The molecule has 0 radical (unpaired) electrons. The Kier molecular flexibility index (Phi) is 6.70. The molecule has 0 fully saturated rings. The topological polar surface area (TPSA) is 4.93 Å². The molecule has 0 amide bonds. The fraction of sp³-hybridized carbons (Fsp3) is 0.0204. The Morgan fingerprint density at radius 3 is 1.65 bits per heavy atom. The Morgan fingerprint density at radius 2 is 0.865 bits per heavy atom. The lowest BCUT2D eigenvalue weighted by molar-refractivity contribution is 0.667. The summed E-state index contributed by atoms with van der Waals surface area (Å²) in [6, 6.07) is 69.8. The largest absolute Gasteiger partial charge is 0.309 e. The number of hydrogen-bond acceptors (Lipinski definition) is 2. The molecule has 9 aromatic rings. The molecule has 244 valence electrons. The highest BCUT2D eigenvalue weighted by Crippen LogP contribution is 2.62. The zero-order valence-corrected chi connectivity index (χ0v) is 29.8. The fourth-order valence-electron chi connectivity index (χ4n) is 8.66. The van der Waals surface area contributed by atoms with E-state index in [9.17, 15) is 0 Å². The molecule has 1 nitrogen and oxygen atoms in total. The average Bonchev–Trinajstić information content (AvgIpc) is 3.55. The Bertz CT molecular complexity index is 2840. The molecule has 0 aliphatic carbocycles. The monoisotopic (exact) mass is 697 g/mol. The summed E-state index contributed by atoms with van der Waals surface area (Å²) in [4.78, 5) is 5.25. The molecule has 1 spiro atoms. The molecule has 0 bridgehead atoms. The van der Waals surface area contributed by atoms with Crippen molar-refractivity contribution >= 4 is 45.3 Å². The van der Waals surface area contributed by atoms with Crippen LogP contribution >= 0.6 is 23.5 Å². The molecule has 3 heteroatoms. The Balaban J connectivity index is 1.16. The van der Waals surface area contributed by atoms with Gasteiger partial charge in [0.25, 0.3) is 0 Å². The quantitative estimate of drug-likeness (QED) is 0.181. The molecule has 0 N–H and O–H groups in total. The minimum Gasteiger partial charge on any atom is -0.309 e. The van der Waals surface area contributed by atoms with E-state index in [4.69, 9.17) is 0 Å². The van der Waals surface area contributed by atoms with E-state index in [1.54, 1.807) is 0 Å². The maximum atomic E-state index is 2.47. The van der Waals surface area contributed by atoms with Gasteiger partial charge < -0.3 is 4.57 Å². The standard InChI is InChI=1S/C49H31NS2/c1-3-13-32(14-4-1)33-25-28-47-42(29-33)49(39-18-8-11-21-45(39)51-47)40-19-9-12-22-46(40)52-48-31-35(24-27-41(48)49)34-23-26-38-37-17-7-10-20-43(37)50(44(38)30-34)36-15-5-2-6-16-36/h1-31H. The molecular weight excluding hydrogens is 667 g/mol. The van der Waals surface area contributed by atoms with Crippen LogP contribution in [-0.4, -0.2) is 4.57 Å². The van der Waals surface area contributed by atoms with E-state index in [-0.39, 0.29) is 0 Å². The van der Waals surface area contributed by atoms with E-state index in [1.807, 2.05) is 23.5 Å². The summed E-state index contributed by atoms with van der Waals surface area (Å²) in [5.41, 5.74) is 13.5. The zero-order valence-electron chi connectivity index (χ0n) is 28.2. The first kappa shape index (κ1) is 29.9. The van der Waals surface area contributed by atoms with Crippen molar-refractivity contribution in [3.05, 3.63) is 210 Å². The number of benzene rings is 8. The lowest BCUT2D eigenvalue weighted by Crippen LogP contribution is -2.36. The highest BCUT2D eigenvalue weighted by Gasteiger charge is 2.48. The van der Waals surface area contributed by atoms with Crippen molar-refractivity contribution < 1.29 is 0 Å². The normalized spacial score (nSPS) is 15.6. The molecule has 8 aromatic carbocycles. The molecular formula is C49H31NS2. The number of rotatable bonds is 3. The van der Waals surface area contributed by atoms with Gasteiger partial charge >= 0.3 is 0 Å². The minimum absolute atomic E-state index is 0.457. The molecule has 1 atom stereocenters. The van der Waals surface area contributed by atoms with E-state index in [1.165, 1.54) is 91.6 Å². The highest BCUT2D eigenvalue weighted by atomic mass is 32.2. The first-order valence-electron chi connectivity index (χ1n) is 17.8. The van der Waals surface area contributed by atoms with Gasteiger partial charge in [-0.1, -0.05) is 157 Å². The van der Waals surface area contributed by atoms with E-state index < -0.39 is 5.41 Å². The third kappa shape index (κ3) is 4.33. The van der Waals surface area contributed by atoms with Crippen molar-refractivity contribution in [3.63, 3.8) is 0 Å². The Morgan fingerprint density at radius 1 is 0.327 bits per heavy atom. The van der Waals surface area contributed by atoms with Crippen molar-refractivity contribution in [1.29, 1.82) is 0 Å². The van der Waals surface area contributed by atoms with Gasteiger partial charge in [0.2, 0.25) is 0 Å². The number of hydrogen-bond donors (Lipinski definition) is 0. The van der Waals surface area contributed by atoms with Gasteiger partial charge in [-0.15, -0.1) is 0 Å². The highest BCUT2D eigenvalue weighted by molar-refractivity contribution is 8.00. The van der Waals surface area contributed by atoms with E-state index in [2.05, 4.69) is 193 Å². The van der Waals surface area contributed by atoms with Crippen molar-refractivity contribution in [1.82, 2.24) is 4.57 Å². The number of para-hydroxylation sites is 2. The summed E-state index contributed by atoms with van der Waals surface area (Å²) in [6.45, 7) is 0. The maximum Gasteiger partial charge on any atom is 0.0745 e. The molecule has 1 unspecified atom stereocenters. The molecule has 2 aliphatic heterocycles. The van der Waals surface area contributed by atoms with E-state index in [0.29, 0.717) is 0 Å². The Labute approximate surface area is 311 Å². The van der Waals surface area contributed by atoms with Gasteiger partial charge in [-0.3, -0.25) is 0 Å². The predicted octanol–water partition coefficient (Wildman–Crippen LogP) is 13.4. The van der Waals surface area contributed by atoms with Crippen molar-refractivity contribution in [2.24, 2.45) is 0 Å². The second kappa shape index (κ2) is 11.6. The smallest absolute Gasteiger partial charge is 0.0745 e.